The largest absolute Gasteiger partial charge is 0.373 e. The van der Waals surface area contributed by atoms with Crippen molar-refractivity contribution in [2.24, 2.45) is 0 Å². The van der Waals surface area contributed by atoms with Crippen LogP contribution < -0.4 is 10.9 Å². The monoisotopic (exact) mass is 550 g/mol. The van der Waals surface area contributed by atoms with Gasteiger partial charge in [0.25, 0.3) is 11.5 Å². The fourth-order valence-corrected chi connectivity index (χ4v) is 5.61. The standard InChI is InChI=1S/C32H34N6O3/c1-20-16-37(17-21(2)41-20)18-23-9-10-29-25(11-23)12-30(36-29)28-13-27(15-33-32(28)40)35-31(39)26-14-34-38(19-26)22(3)24-7-5-4-6-8-24/h4-15,19-22,36H,16-18H2,1-3H3,(H,33,40)(H,35,39)/t20-,21+,22-/m1/s1. The molecule has 2 aromatic carbocycles. The molecule has 41 heavy (non-hydrogen) atoms. The number of rotatable bonds is 7. The number of amides is 1. The number of pyridine rings is 1. The topological polar surface area (TPSA) is 108 Å². The summed E-state index contributed by atoms with van der Waals surface area (Å²) in [6.07, 6.45) is 5.22. The van der Waals surface area contributed by atoms with Gasteiger partial charge in [-0.2, -0.15) is 5.10 Å². The van der Waals surface area contributed by atoms with Crippen molar-refractivity contribution in [3.8, 4) is 11.3 Å². The zero-order valence-electron chi connectivity index (χ0n) is 23.4. The molecule has 0 spiro atoms. The van der Waals surface area contributed by atoms with Crippen molar-refractivity contribution in [1.29, 1.82) is 0 Å². The lowest BCUT2D eigenvalue weighted by Gasteiger charge is -2.35. The molecule has 3 aromatic heterocycles. The van der Waals surface area contributed by atoms with E-state index in [1.54, 1.807) is 23.1 Å². The minimum Gasteiger partial charge on any atom is -0.373 e. The lowest BCUT2D eigenvalue weighted by molar-refractivity contribution is -0.0704. The van der Waals surface area contributed by atoms with Crippen molar-refractivity contribution in [3.05, 3.63) is 106 Å². The number of nitrogens with one attached hydrogen (secondary N) is 3. The molecule has 4 heterocycles. The summed E-state index contributed by atoms with van der Waals surface area (Å²) in [7, 11) is 0. The van der Waals surface area contributed by atoms with Gasteiger partial charge in [-0.05, 0) is 56.2 Å². The molecule has 0 bridgehead atoms. The second kappa shape index (κ2) is 11.2. The molecule has 0 radical (unpaired) electrons. The van der Waals surface area contributed by atoms with Crippen LogP contribution in [0.1, 0.15) is 48.3 Å². The number of fused-ring (bicyclic) bond motifs is 1. The van der Waals surface area contributed by atoms with Gasteiger partial charge in [-0.15, -0.1) is 0 Å². The van der Waals surface area contributed by atoms with Gasteiger partial charge in [-0.1, -0.05) is 36.4 Å². The van der Waals surface area contributed by atoms with Crippen LogP contribution in [0, 0.1) is 0 Å². The quantitative estimate of drug-likeness (QED) is 0.259. The summed E-state index contributed by atoms with van der Waals surface area (Å²) in [5, 5.41) is 8.31. The number of ether oxygens (including phenoxy) is 1. The Morgan fingerprint density at radius 1 is 1.10 bits per heavy atom. The molecular formula is C32H34N6O3. The molecule has 0 saturated carbocycles. The van der Waals surface area contributed by atoms with E-state index in [2.05, 4.69) is 57.3 Å². The van der Waals surface area contributed by atoms with Crippen LogP contribution in [0.2, 0.25) is 0 Å². The third-order valence-corrected chi connectivity index (χ3v) is 7.58. The van der Waals surface area contributed by atoms with Gasteiger partial charge in [0.2, 0.25) is 0 Å². The van der Waals surface area contributed by atoms with E-state index >= 15 is 0 Å². The number of aromatic nitrogens is 4. The van der Waals surface area contributed by atoms with E-state index in [1.165, 1.54) is 11.8 Å². The number of H-pyrrole nitrogens is 2. The maximum absolute atomic E-state index is 13.0. The second-order valence-electron chi connectivity index (χ2n) is 10.9. The van der Waals surface area contributed by atoms with E-state index in [1.807, 2.05) is 43.3 Å². The number of benzene rings is 2. The first-order valence-electron chi connectivity index (χ1n) is 14.0. The summed E-state index contributed by atoms with van der Waals surface area (Å²) >= 11 is 0. The Kier molecular flexibility index (Phi) is 7.30. The van der Waals surface area contributed by atoms with Gasteiger partial charge in [-0.3, -0.25) is 19.2 Å². The predicted octanol–water partition coefficient (Wildman–Crippen LogP) is 5.19. The molecule has 6 rings (SSSR count). The van der Waals surface area contributed by atoms with Crippen LogP contribution in [0.25, 0.3) is 22.2 Å². The summed E-state index contributed by atoms with van der Waals surface area (Å²) in [4.78, 5) is 34.3. The van der Waals surface area contributed by atoms with Crippen molar-refractivity contribution in [2.45, 2.75) is 45.6 Å². The van der Waals surface area contributed by atoms with E-state index in [4.69, 9.17) is 4.74 Å². The fourth-order valence-electron chi connectivity index (χ4n) is 5.61. The van der Waals surface area contributed by atoms with Gasteiger partial charge in [-0.25, -0.2) is 0 Å². The highest BCUT2D eigenvalue weighted by Gasteiger charge is 2.22. The number of carbonyl (C=O) groups excluding carboxylic acids is 1. The zero-order chi connectivity index (χ0) is 28.5. The maximum Gasteiger partial charge on any atom is 0.258 e. The predicted molar refractivity (Wildman–Crippen MR) is 160 cm³/mol. The normalized spacial score (nSPS) is 18.4. The summed E-state index contributed by atoms with van der Waals surface area (Å²) < 4.78 is 7.63. The Bertz CT molecular complexity index is 1730. The van der Waals surface area contributed by atoms with Crippen molar-refractivity contribution in [2.75, 3.05) is 18.4 Å². The van der Waals surface area contributed by atoms with Gasteiger partial charge >= 0.3 is 0 Å². The van der Waals surface area contributed by atoms with Gasteiger partial charge in [0.1, 0.15) is 0 Å². The number of aromatic amines is 2. The highest BCUT2D eigenvalue weighted by molar-refractivity contribution is 6.04. The SMILES string of the molecule is C[C@@H]1CN(Cc2ccc3[nH]c(-c4cc(NC(=O)c5cnn([C@H](C)c6ccccc6)c5)c[nH]c4=O)cc3c2)C[C@H](C)O1. The highest BCUT2D eigenvalue weighted by Crippen LogP contribution is 2.26. The maximum atomic E-state index is 13.0. The second-order valence-corrected chi connectivity index (χ2v) is 10.9. The number of morpholine rings is 1. The van der Waals surface area contributed by atoms with Crippen LogP contribution in [-0.4, -0.2) is 55.9 Å². The summed E-state index contributed by atoms with van der Waals surface area (Å²) in [6.45, 7) is 8.90. The highest BCUT2D eigenvalue weighted by atomic mass is 16.5. The van der Waals surface area contributed by atoms with Crippen LogP contribution in [0.15, 0.2) is 84.0 Å². The third kappa shape index (κ3) is 5.86. The molecular weight excluding hydrogens is 516 g/mol. The Morgan fingerprint density at radius 2 is 1.88 bits per heavy atom. The molecule has 1 aliphatic heterocycles. The van der Waals surface area contributed by atoms with Gasteiger partial charge < -0.3 is 20.0 Å². The first-order chi connectivity index (χ1) is 19.8. The third-order valence-electron chi connectivity index (χ3n) is 7.58. The van der Waals surface area contributed by atoms with E-state index < -0.39 is 0 Å². The smallest absolute Gasteiger partial charge is 0.258 e. The van der Waals surface area contributed by atoms with Crippen LogP contribution in [0.3, 0.4) is 0 Å². The van der Waals surface area contributed by atoms with Gasteiger partial charge in [0.05, 0.1) is 47.0 Å². The summed E-state index contributed by atoms with van der Waals surface area (Å²) in [5.41, 5.74) is 5.07. The van der Waals surface area contributed by atoms with Crippen molar-refractivity contribution in [1.82, 2.24) is 24.6 Å². The lowest BCUT2D eigenvalue weighted by atomic mass is 10.1. The molecule has 1 aliphatic rings. The Hall–Kier alpha value is -4.47. The molecule has 1 fully saturated rings. The van der Waals surface area contributed by atoms with E-state index in [0.717, 1.165) is 36.1 Å². The lowest BCUT2D eigenvalue weighted by Crippen LogP contribution is -2.44. The molecule has 1 saturated heterocycles. The molecule has 9 nitrogen and oxygen atoms in total. The first-order valence-corrected chi connectivity index (χ1v) is 14.0. The molecule has 5 aromatic rings. The molecule has 3 N–H and O–H groups in total. The van der Waals surface area contributed by atoms with Crippen molar-refractivity contribution in [3.63, 3.8) is 0 Å². The average Bonchev–Trinajstić information content (AvgIpc) is 3.61. The van der Waals surface area contributed by atoms with Crippen molar-refractivity contribution < 1.29 is 9.53 Å². The van der Waals surface area contributed by atoms with E-state index in [-0.39, 0.29) is 29.7 Å². The molecule has 0 unspecified atom stereocenters. The number of hydrogen-bond acceptors (Lipinski definition) is 5. The van der Waals surface area contributed by atoms with Crippen LogP contribution in [0.4, 0.5) is 5.69 Å². The number of nitrogens with zero attached hydrogens (tertiary/aromatic N) is 3. The Morgan fingerprint density at radius 3 is 2.66 bits per heavy atom. The molecule has 1 amide bonds. The Labute approximate surface area is 238 Å². The minimum absolute atomic E-state index is 0.0130. The fraction of sp³-hybridized carbons (Fsp3) is 0.281. The van der Waals surface area contributed by atoms with Gasteiger partial charge in [0.15, 0.2) is 0 Å². The molecule has 3 atom stereocenters. The zero-order valence-corrected chi connectivity index (χ0v) is 23.4. The van der Waals surface area contributed by atoms with E-state index in [0.29, 0.717) is 22.5 Å². The molecule has 9 heteroatoms. The average molecular weight is 551 g/mol. The van der Waals surface area contributed by atoms with E-state index in [9.17, 15) is 9.59 Å². The first kappa shape index (κ1) is 26.7. The number of hydrogen-bond donors (Lipinski definition) is 3. The van der Waals surface area contributed by atoms with Gasteiger partial charge in [0, 0.05) is 42.9 Å². The van der Waals surface area contributed by atoms with Crippen LogP contribution >= 0.6 is 0 Å². The minimum atomic E-state index is -0.303. The number of anilines is 1. The van der Waals surface area contributed by atoms with Crippen LogP contribution in [0.5, 0.6) is 0 Å². The molecule has 210 valence electrons. The van der Waals surface area contributed by atoms with Crippen LogP contribution in [-0.2, 0) is 11.3 Å². The summed E-state index contributed by atoms with van der Waals surface area (Å²) in [6, 6.07) is 20.0. The number of carbonyl (C=O) groups is 1. The van der Waals surface area contributed by atoms with Crippen molar-refractivity contribution >= 4 is 22.5 Å². The Balaban J connectivity index is 1.18. The molecule has 0 aliphatic carbocycles. The summed E-state index contributed by atoms with van der Waals surface area (Å²) in [5.74, 6) is -0.303.